The number of halogens is 1. The molecular weight excluding hydrogens is 333 g/mol. The number of fused-ring (bicyclic) bond motifs is 1. The van der Waals surface area contributed by atoms with Crippen molar-refractivity contribution in [3.8, 4) is 0 Å². The molecule has 6 nitrogen and oxygen atoms in total. The van der Waals surface area contributed by atoms with Gasteiger partial charge in [-0.2, -0.15) is 5.10 Å². The summed E-state index contributed by atoms with van der Waals surface area (Å²) in [5, 5.41) is 10.2. The Bertz CT molecular complexity index is 917. The number of nitrogens with zero attached hydrogens (tertiary/aromatic N) is 3. The predicted molar refractivity (Wildman–Crippen MR) is 95.1 cm³/mol. The van der Waals surface area contributed by atoms with Crippen LogP contribution in [0.5, 0.6) is 0 Å². The summed E-state index contributed by atoms with van der Waals surface area (Å²) in [7, 11) is 0. The summed E-state index contributed by atoms with van der Waals surface area (Å²) >= 11 is 0. The Morgan fingerprint density at radius 2 is 1.92 bits per heavy atom. The molecule has 0 atom stereocenters. The SMILES string of the molecule is O=C(NCC1CCC(c2[nH]nc3nccnc23)CC1)c1ccccc1F. The molecule has 1 aromatic carbocycles. The maximum Gasteiger partial charge on any atom is 0.254 e. The van der Waals surface area contributed by atoms with Crippen molar-refractivity contribution < 1.29 is 9.18 Å². The molecule has 3 aromatic rings. The minimum atomic E-state index is -0.485. The molecule has 1 saturated carbocycles. The highest BCUT2D eigenvalue weighted by Crippen LogP contribution is 2.36. The van der Waals surface area contributed by atoms with Crippen molar-refractivity contribution in [1.82, 2.24) is 25.5 Å². The van der Waals surface area contributed by atoms with Crippen molar-refractivity contribution in [1.29, 1.82) is 0 Å². The molecule has 0 saturated heterocycles. The number of nitrogens with one attached hydrogen (secondary N) is 2. The lowest BCUT2D eigenvalue weighted by Crippen LogP contribution is -2.31. The van der Waals surface area contributed by atoms with Crippen LogP contribution in [0.15, 0.2) is 36.7 Å². The Morgan fingerprint density at radius 3 is 2.73 bits per heavy atom. The lowest BCUT2D eigenvalue weighted by molar-refractivity contribution is 0.0939. The van der Waals surface area contributed by atoms with Crippen LogP contribution in [0.1, 0.15) is 47.7 Å². The number of rotatable bonds is 4. The van der Waals surface area contributed by atoms with E-state index in [1.807, 2.05) is 0 Å². The first-order chi connectivity index (χ1) is 12.7. The fraction of sp³-hybridized carbons (Fsp3) is 0.368. The van der Waals surface area contributed by atoms with Gasteiger partial charge in [0.05, 0.1) is 11.3 Å². The summed E-state index contributed by atoms with van der Waals surface area (Å²) in [5.41, 5.74) is 2.66. The number of hydrogen-bond donors (Lipinski definition) is 2. The molecule has 4 rings (SSSR count). The molecule has 2 aromatic heterocycles. The maximum atomic E-state index is 13.7. The minimum absolute atomic E-state index is 0.101. The molecule has 1 amide bonds. The molecule has 7 heteroatoms. The normalized spacial score (nSPS) is 20.2. The van der Waals surface area contributed by atoms with Crippen molar-refractivity contribution in [2.24, 2.45) is 5.92 Å². The summed E-state index contributed by atoms with van der Waals surface area (Å²) in [4.78, 5) is 20.7. The highest BCUT2D eigenvalue weighted by atomic mass is 19.1. The molecule has 0 spiro atoms. The minimum Gasteiger partial charge on any atom is -0.352 e. The van der Waals surface area contributed by atoms with Gasteiger partial charge in [-0.1, -0.05) is 12.1 Å². The lowest BCUT2D eigenvalue weighted by Gasteiger charge is -2.28. The first kappa shape index (κ1) is 16.6. The average molecular weight is 353 g/mol. The van der Waals surface area contributed by atoms with Crippen LogP contribution in [0.2, 0.25) is 0 Å². The second-order valence-corrected chi connectivity index (χ2v) is 6.77. The molecule has 1 fully saturated rings. The zero-order valence-corrected chi connectivity index (χ0v) is 14.3. The number of carbonyl (C=O) groups is 1. The summed E-state index contributed by atoms with van der Waals surface area (Å²) < 4.78 is 13.7. The third kappa shape index (κ3) is 3.29. The fourth-order valence-electron chi connectivity index (χ4n) is 3.69. The van der Waals surface area contributed by atoms with E-state index in [4.69, 9.17) is 0 Å². The van der Waals surface area contributed by atoms with E-state index in [2.05, 4.69) is 25.5 Å². The van der Waals surface area contributed by atoms with Crippen LogP contribution in [-0.2, 0) is 0 Å². The van der Waals surface area contributed by atoms with Crippen LogP contribution in [0, 0.1) is 11.7 Å². The number of aromatic nitrogens is 4. The van der Waals surface area contributed by atoms with E-state index >= 15 is 0 Å². The summed E-state index contributed by atoms with van der Waals surface area (Å²) in [6.45, 7) is 0.573. The van der Waals surface area contributed by atoms with E-state index in [9.17, 15) is 9.18 Å². The topological polar surface area (TPSA) is 83.6 Å². The first-order valence-electron chi connectivity index (χ1n) is 8.90. The number of hydrogen-bond acceptors (Lipinski definition) is 4. The molecule has 1 aliphatic rings. The number of amides is 1. The fourth-order valence-corrected chi connectivity index (χ4v) is 3.69. The van der Waals surface area contributed by atoms with Crippen molar-refractivity contribution in [2.75, 3.05) is 6.54 Å². The molecule has 1 aliphatic carbocycles. The van der Waals surface area contributed by atoms with E-state index < -0.39 is 5.82 Å². The third-order valence-electron chi connectivity index (χ3n) is 5.14. The third-order valence-corrected chi connectivity index (χ3v) is 5.14. The Kier molecular flexibility index (Phi) is 4.60. The van der Waals surface area contributed by atoms with E-state index in [-0.39, 0.29) is 11.5 Å². The van der Waals surface area contributed by atoms with Gasteiger partial charge in [-0.05, 0) is 43.7 Å². The van der Waals surface area contributed by atoms with Gasteiger partial charge < -0.3 is 5.32 Å². The van der Waals surface area contributed by atoms with E-state index in [1.54, 1.807) is 24.5 Å². The molecule has 0 aliphatic heterocycles. The van der Waals surface area contributed by atoms with Gasteiger partial charge in [0.2, 0.25) is 0 Å². The zero-order valence-electron chi connectivity index (χ0n) is 14.3. The standard InChI is InChI=1S/C19H20FN5O/c20-15-4-2-1-3-14(15)19(26)23-11-12-5-7-13(8-6-12)16-17-18(25-24-16)22-10-9-21-17/h1-4,9-10,12-13H,5-8,11H2,(H,23,26)(H,22,24,25). The number of H-pyrrole nitrogens is 1. The van der Waals surface area contributed by atoms with E-state index in [0.29, 0.717) is 24.0 Å². The lowest BCUT2D eigenvalue weighted by atomic mass is 9.80. The first-order valence-corrected chi connectivity index (χ1v) is 8.90. The summed E-state index contributed by atoms with van der Waals surface area (Å²) in [6, 6.07) is 6.06. The highest BCUT2D eigenvalue weighted by molar-refractivity contribution is 5.94. The zero-order chi connectivity index (χ0) is 17.9. The van der Waals surface area contributed by atoms with Gasteiger partial charge >= 0.3 is 0 Å². The molecular formula is C19H20FN5O. The van der Waals surface area contributed by atoms with Gasteiger partial charge in [0.25, 0.3) is 5.91 Å². The Balaban J connectivity index is 1.33. The second-order valence-electron chi connectivity index (χ2n) is 6.77. The molecule has 0 radical (unpaired) electrons. The maximum absolute atomic E-state index is 13.7. The van der Waals surface area contributed by atoms with Crippen LogP contribution >= 0.6 is 0 Å². The number of benzene rings is 1. The molecule has 0 unspecified atom stereocenters. The van der Waals surface area contributed by atoms with Crippen molar-refractivity contribution >= 4 is 17.1 Å². The van der Waals surface area contributed by atoms with Gasteiger partial charge in [0.15, 0.2) is 5.65 Å². The van der Waals surface area contributed by atoms with E-state index in [1.165, 1.54) is 12.1 Å². The van der Waals surface area contributed by atoms with Gasteiger partial charge in [-0.15, -0.1) is 0 Å². The van der Waals surface area contributed by atoms with Crippen molar-refractivity contribution in [2.45, 2.75) is 31.6 Å². The van der Waals surface area contributed by atoms with Gasteiger partial charge in [-0.25, -0.2) is 14.4 Å². The van der Waals surface area contributed by atoms with E-state index in [0.717, 1.165) is 36.9 Å². The average Bonchev–Trinajstić information content (AvgIpc) is 3.11. The van der Waals surface area contributed by atoms with Crippen LogP contribution < -0.4 is 5.32 Å². The quantitative estimate of drug-likeness (QED) is 0.754. The Hall–Kier alpha value is -2.83. The number of carbonyl (C=O) groups excluding carboxylic acids is 1. The Labute approximate surface area is 150 Å². The molecule has 2 N–H and O–H groups in total. The van der Waals surface area contributed by atoms with Crippen molar-refractivity contribution in [3.05, 3.63) is 53.7 Å². The van der Waals surface area contributed by atoms with Crippen LogP contribution in [0.4, 0.5) is 4.39 Å². The molecule has 134 valence electrons. The van der Waals surface area contributed by atoms with Crippen LogP contribution in [-0.4, -0.2) is 32.6 Å². The smallest absolute Gasteiger partial charge is 0.254 e. The van der Waals surface area contributed by atoms with Gasteiger partial charge in [-0.3, -0.25) is 9.89 Å². The van der Waals surface area contributed by atoms with Gasteiger partial charge in [0, 0.05) is 24.9 Å². The summed E-state index contributed by atoms with van der Waals surface area (Å²) in [5.74, 6) is -0.0431. The molecule has 2 heterocycles. The summed E-state index contributed by atoms with van der Waals surface area (Å²) in [6.07, 6.45) is 7.35. The van der Waals surface area contributed by atoms with Crippen molar-refractivity contribution in [3.63, 3.8) is 0 Å². The largest absolute Gasteiger partial charge is 0.352 e. The number of aromatic amines is 1. The highest BCUT2D eigenvalue weighted by Gasteiger charge is 2.26. The van der Waals surface area contributed by atoms with Crippen LogP contribution in [0.25, 0.3) is 11.2 Å². The van der Waals surface area contributed by atoms with Gasteiger partial charge in [0.1, 0.15) is 11.3 Å². The predicted octanol–water partition coefficient (Wildman–Crippen LogP) is 3.20. The molecule has 26 heavy (non-hydrogen) atoms. The Morgan fingerprint density at radius 1 is 1.15 bits per heavy atom. The second kappa shape index (κ2) is 7.19. The monoisotopic (exact) mass is 353 g/mol. The van der Waals surface area contributed by atoms with Crippen LogP contribution in [0.3, 0.4) is 0 Å². The molecule has 0 bridgehead atoms.